The molecule has 1 aromatic heterocycles. The molecule has 3 rings (SSSR count). The second-order valence-electron chi connectivity index (χ2n) is 6.52. The van der Waals surface area contributed by atoms with Gasteiger partial charge in [0.2, 0.25) is 11.8 Å². The number of hydrogen-bond acceptors (Lipinski definition) is 3. The minimum absolute atomic E-state index is 0.00865. The van der Waals surface area contributed by atoms with Crippen LogP contribution in [0.1, 0.15) is 42.9 Å². The standard InChI is InChI=1S/C20H22ClN3O2/c1-14-16(21)7-4-8-17(14)23-19(25)12-20(26)24-11-3-2-9-18(24)15-6-5-10-22-13-15/h4-8,10,13,18H,2-3,9,11-12H2,1H3,(H,23,25). The van der Waals surface area contributed by atoms with E-state index in [0.717, 1.165) is 30.4 Å². The van der Waals surface area contributed by atoms with Crippen LogP contribution in [0.2, 0.25) is 5.02 Å². The number of benzene rings is 1. The minimum Gasteiger partial charge on any atom is -0.335 e. The van der Waals surface area contributed by atoms with Crippen LogP contribution in [0.4, 0.5) is 5.69 Å². The van der Waals surface area contributed by atoms with Crippen molar-refractivity contribution in [2.75, 3.05) is 11.9 Å². The Kier molecular flexibility index (Phi) is 5.89. The topological polar surface area (TPSA) is 62.3 Å². The maximum absolute atomic E-state index is 12.8. The molecule has 2 heterocycles. The van der Waals surface area contributed by atoms with Gasteiger partial charge in [0.25, 0.3) is 0 Å². The van der Waals surface area contributed by atoms with Crippen molar-refractivity contribution in [2.24, 2.45) is 0 Å². The highest BCUT2D eigenvalue weighted by Crippen LogP contribution is 2.31. The molecule has 0 bridgehead atoms. The lowest BCUT2D eigenvalue weighted by Gasteiger charge is -2.36. The Labute approximate surface area is 158 Å². The van der Waals surface area contributed by atoms with Crippen LogP contribution >= 0.6 is 11.6 Å². The molecule has 6 heteroatoms. The lowest BCUT2D eigenvalue weighted by molar-refractivity contribution is -0.137. The number of nitrogens with one attached hydrogen (secondary N) is 1. The zero-order valence-electron chi connectivity index (χ0n) is 14.7. The van der Waals surface area contributed by atoms with Crippen molar-refractivity contribution in [3.05, 3.63) is 58.9 Å². The second kappa shape index (κ2) is 8.32. The number of nitrogens with zero attached hydrogens (tertiary/aromatic N) is 2. The number of carbonyl (C=O) groups excluding carboxylic acids is 2. The van der Waals surface area contributed by atoms with E-state index in [2.05, 4.69) is 10.3 Å². The minimum atomic E-state index is -0.323. The van der Waals surface area contributed by atoms with Gasteiger partial charge in [-0.05, 0) is 55.5 Å². The number of aromatic nitrogens is 1. The van der Waals surface area contributed by atoms with E-state index in [4.69, 9.17) is 11.6 Å². The average molecular weight is 372 g/mol. The van der Waals surface area contributed by atoms with E-state index in [1.165, 1.54) is 0 Å². The van der Waals surface area contributed by atoms with Crippen LogP contribution < -0.4 is 5.32 Å². The van der Waals surface area contributed by atoms with Gasteiger partial charge >= 0.3 is 0 Å². The van der Waals surface area contributed by atoms with Crippen molar-refractivity contribution < 1.29 is 9.59 Å². The van der Waals surface area contributed by atoms with Crippen LogP contribution in [0.3, 0.4) is 0 Å². The van der Waals surface area contributed by atoms with E-state index >= 15 is 0 Å². The van der Waals surface area contributed by atoms with E-state index in [-0.39, 0.29) is 24.3 Å². The fourth-order valence-electron chi connectivity index (χ4n) is 3.33. The fraction of sp³-hybridized carbons (Fsp3) is 0.350. The number of halogens is 1. The molecule has 1 aliphatic heterocycles. The summed E-state index contributed by atoms with van der Waals surface area (Å²) in [5.74, 6) is -0.480. The molecule has 0 aliphatic carbocycles. The maximum Gasteiger partial charge on any atom is 0.233 e. The van der Waals surface area contributed by atoms with Gasteiger partial charge < -0.3 is 10.2 Å². The summed E-state index contributed by atoms with van der Waals surface area (Å²) in [6.45, 7) is 2.50. The van der Waals surface area contributed by atoms with Crippen LogP contribution in [0.25, 0.3) is 0 Å². The van der Waals surface area contributed by atoms with Crippen molar-refractivity contribution in [3.8, 4) is 0 Å². The molecule has 1 saturated heterocycles. The van der Waals surface area contributed by atoms with Crippen LogP contribution in [0, 0.1) is 6.92 Å². The summed E-state index contributed by atoms with van der Waals surface area (Å²) in [5.41, 5.74) is 2.45. The normalized spacial score (nSPS) is 17.0. The Morgan fingerprint density at radius 3 is 2.88 bits per heavy atom. The summed E-state index contributed by atoms with van der Waals surface area (Å²) in [4.78, 5) is 31.1. The lowest BCUT2D eigenvalue weighted by Crippen LogP contribution is -2.40. The molecule has 0 spiro atoms. The molecule has 0 radical (unpaired) electrons. The molecule has 1 N–H and O–H groups in total. The van der Waals surface area contributed by atoms with Gasteiger partial charge in [0.05, 0.1) is 6.04 Å². The summed E-state index contributed by atoms with van der Waals surface area (Å²) >= 11 is 6.08. The molecule has 136 valence electrons. The lowest BCUT2D eigenvalue weighted by atomic mass is 9.96. The number of rotatable bonds is 4. The van der Waals surface area contributed by atoms with Gasteiger partial charge in [-0.1, -0.05) is 23.7 Å². The first-order chi connectivity index (χ1) is 12.6. The van der Waals surface area contributed by atoms with E-state index in [0.29, 0.717) is 17.3 Å². The summed E-state index contributed by atoms with van der Waals surface area (Å²) in [5, 5.41) is 3.38. The van der Waals surface area contributed by atoms with Crippen LogP contribution in [-0.4, -0.2) is 28.2 Å². The highest BCUT2D eigenvalue weighted by molar-refractivity contribution is 6.31. The highest BCUT2D eigenvalue weighted by atomic mass is 35.5. The van der Waals surface area contributed by atoms with Gasteiger partial charge in [-0.2, -0.15) is 0 Å². The summed E-state index contributed by atoms with van der Waals surface area (Å²) in [6.07, 6.45) is 6.26. The molecule has 1 fully saturated rings. The van der Waals surface area contributed by atoms with Crippen LogP contribution in [-0.2, 0) is 9.59 Å². The smallest absolute Gasteiger partial charge is 0.233 e. The monoisotopic (exact) mass is 371 g/mol. The summed E-state index contributed by atoms with van der Waals surface area (Å²) < 4.78 is 0. The molecular weight excluding hydrogens is 350 g/mol. The quantitative estimate of drug-likeness (QED) is 0.822. The van der Waals surface area contributed by atoms with Crippen molar-refractivity contribution in [2.45, 2.75) is 38.6 Å². The number of carbonyl (C=O) groups is 2. The molecule has 2 aromatic rings. The Hall–Kier alpha value is -2.40. The molecule has 26 heavy (non-hydrogen) atoms. The number of hydrogen-bond donors (Lipinski definition) is 1. The number of anilines is 1. The number of likely N-dealkylation sites (tertiary alicyclic amines) is 1. The molecule has 1 unspecified atom stereocenters. The zero-order chi connectivity index (χ0) is 18.5. The second-order valence-corrected chi connectivity index (χ2v) is 6.93. The van der Waals surface area contributed by atoms with Crippen molar-refractivity contribution in [1.82, 2.24) is 9.88 Å². The first-order valence-electron chi connectivity index (χ1n) is 8.80. The molecule has 5 nitrogen and oxygen atoms in total. The molecule has 1 aromatic carbocycles. The van der Waals surface area contributed by atoms with E-state index < -0.39 is 0 Å². The number of piperidine rings is 1. The first-order valence-corrected chi connectivity index (χ1v) is 9.18. The summed E-state index contributed by atoms with van der Waals surface area (Å²) in [7, 11) is 0. The van der Waals surface area contributed by atoms with Crippen LogP contribution in [0.5, 0.6) is 0 Å². The van der Waals surface area contributed by atoms with Crippen LogP contribution in [0.15, 0.2) is 42.7 Å². The summed E-state index contributed by atoms with van der Waals surface area (Å²) in [6, 6.07) is 9.17. The Bertz CT molecular complexity index is 795. The van der Waals surface area contributed by atoms with E-state index in [1.807, 2.05) is 24.0 Å². The molecule has 1 aliphatic rings. The van der Waals surface area contributed by atoms with Gasteiger partial charge in [0, 0.05) is 29.6 Å². The third-order valence-electron chi connectivity index (χ3n) is 4.75. The Morgan fingerprint density at radius 1 is 1.27 bits per heavy atom. The van der Waals surface area contributed by atoms with Crippen molar-refractivity contribution >= 4 is 29.1 Å². The van der Waals surface area contributed by atoms with Gasteiger partial charge in [0.15, 0.2) is 0 Å². The van der Waals surface area contributed by atoms with Gasteiger partial charge in [-0.25, -0.2) is 0 Å². The van der Waals surface area contributed by atoms with E-state index in [9.17, 15) is 9.59 Å². The fourth-order valence-corrected chi connectivity index (χ4v) is 3.50. The maximum atomic E-state index is 12.8. The van der Waals surface area contributed by atoms with Crippen molar-refractivity contribution in [1.29, 1.82) is 0 Å². The Balaban J connectivity index is 1.67. The van der Waals surface area contributed by atoms with Gasteiger partial charge in [0.1, 0.15) is 6.42 Å². The first kappa shape index (κ1) is 18.4. The predicted molar refractivity (Wildman–Crippen MR) is 102 cm³/mol. The molecular formula is C20H22ClN3O2. The highest BCUT2D eigenvalue weighted by Gasteiger charge is 2.29. The van der Waals surface area contributed by atoms with Gasteiger partial charge in [-0.15, -0.1) is 0 Å². The SMILES string of the molecule is Cc1c(Cl)cccc1NC(=O)CC(=O)N1CCCCC1c1cccnc1. The number of amides is 2. The zero-order valence-corrected chi connectivity index (χ0v) is 15.5. The molecule has 2 amide bonds. The largest absolute Gasteiger partial charge is 0.335 e. The molecule has 0 saturated carbocycles. The predicted octanol–water partition coefficient (Wildman–Crippen LogP) is 4.13. The third kappa shape index (κ3) is 4.22. The van der Waals surface area contributed by atoms with Gasteiger partial charge in [-0.3, -0.25) is 14.6 Å². The van der Waals surface area contributed by atoms with E-state index in [1.54, 1.807) is 30.6 Å². The third-order valence-corrected chi connectivity index (χ3v) is 5.16. The average Bonchev–Trinajstić information content (AvgIpc) is 2.66. The van der Waals surface area contributed by atoms with Crippen molar-refractivity contribution in [3.63, 3.8) is 0 Å². The molecule has 1 atom stereocenters. The Morgan fingerprint density at radius 2 is 2.12 bits per heavy atom. The number of pyridine rings is 1.